The van der Waals surface area contributed by atoms with Gasteiger partial charge in [0.15, 0.2) is 4.80 Å². The Bertz CT molecular complexity index is 1150. The summed E-state index contributed by atoms with van der Waals surface area (Å²) >= 11 is 5.28. The van der Waals surface area contributed by atoms with Crippen LogP contribution in [0, 0.1) is 0 Å². The SMILES string of the molecule is COc1ccc(-c2csc(=Nc3ccccc3)n2CCc2ccccc2)cc1Br. The highest BCUT2D eigenvalue weighted by Crippen LogP contribution is 2.31. The van der Waals surface area contributed by atoms with Crippen LogP contribution in [0.3, 0.4) is 0 Å². The van der Waals surface area contributed by atoms with Crippen molar-refractivity contribution >= 4 is 33.0 Å². The molecule has 1 aromatic heterocycles. The van der Waals surface area contributed by atoms with E-state index in [2.05, 4.69) is 68.3 Å². The largest absolute Gasteiger partial charge is 0.496 e. The Kier molecular flexibility index (Phi) is 6.27. The van der Waals surface area contributed by atoms with Crippen LogP contribution in [0.15, 0.2) is 93.7 Å². The minimum atomic E-state index is 0.828. The number of hydrogen-bond donors (Lipinski definition) is 0. The second-order valence-corrected chi connectivity index (χ2v) is 8.28. The van der Waals surface area contributed by atoms with E-state index in [9.17, 15) is 0 Å². The molecule has 1 heterocycles. The minimum absolute atomic E-state index is 0.828. The highest BCUT2D eigenvalue weighted by atomic mass is 79.9. The molecule has 0 saturated heterocycles. The molecule has 0 aliphatic carbocycles. The maximum atomic E-state index is 5.39. The van der Waals surface area contributed by atoms with Crippen molar-refractivity contribution in [1.29, 1.82) is 0 Å². The van der Waals surface area contributed by atoms with Gasteiger partial charge in [-0.2, -0.15) is 0 Å². The molecule has 0 saturated carbocycles. The molecular weight excluding hydrogens is 444 g/mol. The zero-order valence-electron chi connectivity index (χ0n) is 16.1. The van der Waals surface area contributed by atoms with Crippen molar-refractivity contribution in [2.24, 2.45) is 4.99 Å². The number of methoxy groups -OCH3 is 1. The molecule has 29 heavy (non-hydrogen) atoms. The number of para-hydroxylation sites is 1. The summed E-state index contributed by atoms with van der Waals surface area (Å²) in [7, 11) is 1.68. The molecule has 0 fully saturated rings. The van der Waals surface area contributed by atoms with Crippen LogP contribution in [0.5, 0.6) is 5.75 Å². The van der Waals surface area contributed by atoms with Crippen LogP contribution in [0.1, 0.15) is 5.56 Å². The third-order valence-electron chi connectivity index (χ3n) is 4.69. The minimum Gasteiger partial charge on any atom is -0.496 e. The van der Waals surface area contributed by atoms with E-state index in [1.807, 2.05) is 36.4 Å². The van der Waals surface area contributed by atoms with Crippen molar-refractivity contribution in [2.75, 3.05) is 7.11 Å². The fourth-order valence-corrected chi connectivity index (χ4v) is 4.69. The zero-order chi connectivity index (χ0) is 20.1. The summed E-state index contributed by atoms with van der Waals surface area (Å²) < 4.78 is 8.63. The summed E-state index contributed by atoms with van der Waals surface area (Å²) in [6, 6.07) is 26.9. The maximum Gasteiger partial charge on any atom is 0.190 e. The van der Waals surface area contributed by atoms with Crippen molar-refractivity contribution in [1.82, 2.24) is 4.57 Å². The fourth-order valence-electron chi connectivity index (χ4n) is 3.19. The molecule has 0 N–H and O–H groups in total. The van der Waals surface area contributed by atoms with Gasteiger partial charge in [0.25, 0.3) is 0 Å². The van der Waals surface area contributed by atoms with Crippen molar-refractivity contribution in [3.63, 3.8) is 0 Å². The third-order valence-corrected chi connectivity index (χ3v) is 6.18. The average Bonchev–Trinajstić information content (AvgIpc) is 3.16. The predicted octanol–water partition coefficient (Wildman–Crippen LogP) is 6.46. The van der Waals surface area contributed by atoms with Crippen LogP contribution < -0.4 is 9.54 Å². The lowest BCUT2D eigenvalue weighted by Gasteiger charge is -2.11. The van der Waals surface area contributed by atoms with Crippen LogP contribution >= 0.6 is 27.3 Å². The molecule has 3 aromatic carbocycles. The lowest BCUT2D eigenvalue weighted by molar-refractivity contribution is 0.412. The van der Waals surface area contributed by atoms with Gasteiger partial charge in [-0.05, 0) is 58.2 Å². The van der Waals surface area contributed by atoms with Gasteiger partial charge in [0.05, 0.1) is 23.0 Å². The lowest BCUT2D eigenvalue weighted by atomic mass is 10.1. The highest BCUT2D eigenvalue weighted by Gasteiger charge is 2.11. The van der Waals surface area contributed by atoms with Gasteiger partial charge >= 0.3 is 0 Å². The Morgan fingerprint density at radius 1 is 0.966 bits per heavy atom. The van der Waals surface area contributed by atoms with Gasteiger partial charge in [-0.3, -0.25) is 0 Å². The van der Waals surface area contributed by atoms with Gasteiger partial charge in [0, 0.05) is 17.5 Å². The highest BCUT2D eigenvalue weighted by molar-refractivity contribution is 9.10. The predicted molar refractivity (Wildman–Crippen MR) is 124 cm³/mol. The van der Waals surface area contributed by atoms with Crippen molar-refractivity contribution < 1.29 is 4.74 Å². The smallest absolute Gasteiger partial charge is 0.190 e. The van der Waals surface area contributed by atoms with Gasteiger partial charge in [-0.1, -0.05) is 48.5 Å². The number of rotatable bonds is 6. The molecular formula is C24H21BrN2OS. The molecule has 0 radical (unpaired) electrons. The van der Waals surface area contributed by atoms with E-state index in [-0.39, 0.29) is 0 Å². The molecule has 0 aliphatic rings. The lowest BCUT2D eigenvalue weighted by Crippen LogP contribution is -2.17. The van der Waals surface area contributed by atoms with Crippen molar-refractivity contribution in [3.8, 4) is 17.0 Å². The summed E-state index contributed by atoms with van der Waals surface area (Å²) in [5, 5.41) is 2.18. The molecule has 0 atom stereocenters. The van der Waals surface area contributed by atoms with Gasteiger partial charge in [0.2, 0.25) is 0 Å². The number of ether oxygens (including phenoxy) is 1. The number of aryl methyl sites for hydroxylation is 1. The first kappa shape index (κ1) is 19.7. The van der Waals surface area contributed by atoms with E-state index in [1.165, 1.54) is 5.56 Å². The molecule has 0 amide bonds. The van der Waals surface area contributed by atoms with E-state index in [0.717, 1.165) is 44.9 Å². The molecule has 0 spiro atoms. The van der Waals surface area contributed by atoms with E-state index in [1.54, 1.807) is 18.4 Å². The first-order valence-corrected chi connectivity index (χ1v) is 11.1. The van der Waals surface area contributed by atoms with Crippen LogP contribution in [0.4, 0.5) is 5.69 Å². The second kappa shape index (κ2) is 9.25. The van der Waals surface area contributed by atoms with Crippen LogP contribution in [-0.4, -0.2) is 11.7 Å². The zero-order valence-corrected chi connectivity index (χ0v) is 18.5. The molecule has 5 heteroatoms. The Hall–Kier alpha value is -2.63. The van der Waals surface area contributed by atoms with Crippen molar-refractivity contribution in [2.45, 2.75) is 13.0 Å². The molecule has 0 aliphatic heterocycles. The number of nitrogens with zero attached hydrogens (tertiary/aromatic N) is 2. The summed E-state index contributed by atoms with van der Waals surface area (Å²) in [5.41, 5.74) is 4.57. The Morgan fingerprint density at radius 2 is 1.69 bits per heavy atom. The van der Waals surface area contributed by atoms with Gasteiger partial charge in [0.1, 0.15) is 5.75 Å². The van der Waals surface area contributed by atoms with Gasteiger partial charge in [-0.15, -0.1) is 11.3 Å². The number of benzene rings is 3. The number of hydrogen-bond acceptors (Lipinski definition) is 3. The Labute approximate surface area is 183 Å². The molecule has 0 bridgehead atoms. The van der Waals surface area contributed by atoms with Gasteiger partial charge in [-0.25, -0.2) is 4.99 Å². The molecule has 4 aromatic rings. The van der Waals surface area contributed by atoms with E-state index in [0.29, 0.717) is 0 Å². The van der Waals surface area contributed by atoms with Crippen molar-refractivity contribution in [3.05, 3.63) is 99.1 Å². The van der Waals surface area contributed by atoms with E-state index < -0.39 is 0 Å². The quantitative estimate of drug-likeness (QED) is 0.321. The summed E-state index contributed by atoms with van der Waals surface area (Å²) in [6.07, 6.45) is 0.948. The normalized spacial score (nSPS) is 11.6. The Morgan fingerprint density at radius 3 is 2.38 bits per heavy atom. The summed E-state index contributed by atoms with van der Waals surface area (Å²) in [4.78, 5) is 5.90. The Balaban J connectivity index is 1.76. The van der Waals surface area contributed by atoms with Gasteiger partial charge < -0.3 is 9.30 Å². The summed E-state index contributed by atoms with van der Waals surface area (Å²) in [6.45, 7) is 0.859. The number of aromatic nitrogens is 1. The standard InChI is InChI=1S/C24H21BrN2OS/c1-28-23-13-12-19(16-21(23)25)22-17-29-24(26-20-10-6-3-7-11-20)27(22)15-14-18-8-4-2-5-9-18/h2-13,16-17H,14-15H2,1H3. The van der Waals surface area contributed by atoms with E-state index in [4.69, 9.17) is 9.73 Å². The number of halogens is 1. The van der Waals surface area contributed by atoms with E-state index >= 15 is 0 Å². The third kappa shape index (κ3) is 4.69. The summed E-state index contributed by atoms with van der Waals surface area (Å²) in [5.74, 6) is 0.828. The van der Waals surface area contributed by atoms with Crippen LogP contribution in [0.25, 0.3) is 11.3 Å². The average molecular weight is 465 g/mol. The van der Waals surface area contributed by atoms with Crippen LogP contribution in [0.2, 0.25) is 0 Å². The molecule has 0 unspecified atom stereocenters. The second-order valence-electron chi connectivity index (χ2n) is 6.59. The topological polar surface area (TPSA) is 26.5 Å². The first-order chi connectivity index (χ1) is 14.2. The molecule has 146 valence electrons. The first-order valence-electron chi connectivity index (χ1n) is 9.40. The maximum absolute atomic E-state index is 5.39. The van der Waals surface area contributed by atoms with Crippen LogP contribution in [-0.2, 0) is 13.0 Å². The monoisotopic (exact) mass is 464 g/mol. The number of thiazole rings is 1. The fraction of sp³-hybridized carbons (Fsp3) is 0.125. The molecule has 4 rings (SSSR count). The molecule has 3 nitrogen and oxygen atoms in total.